The van der Waals surface area contributed by atoms with Crippen LogP contribution in [0.2, 0.25) is 0 Å². The van der Waals surface area contributed by atoms with Crippen LogP contribution in [0.4, 0.5) is 0 Å². The molecule has 3 aromatic carbocycles. The summed E-state index contributed by atoms with van der Waals surface area (Å²) in [5, 5.41) is 10.8. The highest BCUT2D eigenvalue weighted by Gasteiger charge is 2.34. The van der Waals surface area contributed by atoms with E-state index in [1.807, 2.05) is 111 Å². The Morgan fingerprint density at radius 3 is 1.69 bits per heavy atom. The molecule has 0 saturated heterocycles. The predicted octanol–water partition coefficient (Wildman–Crippen LogP) is 1.72. The number of hydrogen-bond acceptors (Lipinski definition) is 8. The maximum atomic E-state index is 14.3. The fourth-order valence-corrected chi connectivity index (χ4v) is 6.43. The summed E-state index contributed by atoms with van der Waals surface area (Å²) >= 11 is 1.51. The minimum absolute atomic E-state index is 0.0102. The molecule has 0 heterocycles. The summed E-state index contributed by atoms with van der Waals surface area (Å²) in [5.74, 6) is -2.91. The summed E-state index contributed by atoms with van der Waals surface area (Å²) in [6, 6.07) is 22.7. The van der Waals surface area contributed by atoms with Gasteiger partial charge in [-0.05, 0) is 53.9 Å². The summed E-state index contributed by atoms with van der Waals surface area (Å²) in [6.45, 7) is 3.29. The van der Waals surface area contributed by atoms with Crippen LogP contribution < -0.4 is 32.7 Å². The third kappa shape index (κ3) is 15.2. The summed E-state index contributed by atoms with van der Waals surface area (Å²) < 4.78 is 0. The van der Waals surface area contributed by atoms with Crippen molar-refractivity contribution in [2.45, 2.75) is 76.2 Å². The summed E-state index contributed by atoms with van der Waals surface area (Å²) in [4.78, 5) is 81.3. The number of primary amides is 1. The van der Waals surface area contributed by atoms with E-state index >= 15 is 0 Å². The van der Waals surface area contributed by atoms with Crippen molar-refractivity contribution in [1.82, 2.24) is 26.2 Å². The predicted molar refractivity (Wildman–Crippen MR) is 215 cm³/mol. The lowest BCUT2D eigenvalue weighted by molar-refractivity contribution is -0.142. The molecule has 0 unspecified atom stereocenters. The Morgan fingerprint density at radius 2 is 1.18 bits per heavy atom. The van der Waals surface area contributed by atoms with Crippen LogP contribution >= 0.6 is 11.8 Å². The number of rotatable bonds is 22. The smallest absolute Gasteiger partial charge is 0.245 e. The Hall–Kier alpha value is -5.21. The largest absolute Gasteiger partial charge is 0.368 e. The van der Waals surface area contributed by atoms with Gasteiger partial charge in [-0.15, -0.1) is 0 Å². The molecule has 0 saturated carbocycles. The fourth-order valence-electron chi connectivity index (χ4n) is 5.96. The van der Waals surface area contributed by atoms with Crippen LogP contribution in [0.5, 0.6) is 0 Å². The van der Waals surface area contributed by atoms with E-state index in [0.29, 0.717) is 12.2 Å². The quantitative estimate of drug-likeness (QED) is 0.0885. The zero-order valence-electron chi connectivity index (χ0n) is 32.0. The first-order valence-corrected chi connectivity index (χ1v) is 19.8. The highest BCUT2D eigenvalue weighted by molar-refractivity contribution is 7.98. The Bertz CT molecular complexity index is 1700. The van der Waals surface area contributed by atoms with Crippen LogP contribution in [0.1, 0.15) is 43.4 Å². The Balaban J connectivity index is 1.79. The highest BCUT2D eigenvalue weighted by atomic mass is 32.2. The lowest BCUT2D eigenvalue weighted by Gasteiger charge is -2.31. The standard InChI is InChI=1S/C41H55N7O6S/c1-27(2)22-33(39(52)46-32(37(43)50)20-21-55-4)45-36(49)26-44-40(53)35(25-30-18-12-7-13-19-30)48(3)41(54)34(24-29-16-10-6-11-17-29)47-38(51)31(42)23-28-14-8-5-9-15-28/h5-19,27,31-35H,20-26,42H2,1-4H3,(H2,43,50)(H,44,53)(H,45,49)(H,46,52)(H,47,51)/t31-,32-,33-,34-,35-/m0/s1. The van der Waals surface area contributed by atoms with Gasteiger partial charge in [-0.3, -0.25) is 28.8 Å². The maximum absolute atomic E-state index is 14.3. The second-order valence-electron chi connectivity index (χ2n) is 13.9. The number of benzene rings is 3. The van der Waals surface area contributed by atoms with E-state index in [4.69, 9.17) is 11.5 Å². The van der Waals surface area contributed by atoms with Gasteiger partial charge in [-0.25, -0.2) is 0 Å². The molecule has 6 amide bonds. The maximum Gasteiger partial charge on any atom is 0.245 e. The van der Waals surface area contributed by atoms with Gasteiger partial charge in [-0.2, -0.15) is 11.8 Å². The molecule has 55 heavy (non-hydrogen) atoms. The normalized spacial score (nSPS) is 13.7. The van der Waals surface area contributed by atoms with Gasteiger partial charge in [0.05, 0.1) is 12.6 Å². The van der Waals surface area contributed by atoms with E-state index in [1.54, 1.807) is 0 Å². The molecular formula is C41H55N7O6S. The molecule has 3 rings (SSSR count). The van der Waals surface area contributed by atoms with Crippen molar-refractivity contribution in [3.05, 3.63) is 108 Å². The number of nitrogens with two attached hydrogens (primary N) is 2. The van der Waals surface area contributed by atoms with E-state index in [2.05, 4.69) is 21.3 Å². The van der Waals surface area contributed by atoms with Gasteiger partial charge < -0.3 is 37.6 Å². The molecule has 0 aliphatic heterocycles. The van der Waals surface area contributed by atoms with Crippen molar-refractivity contribution in [3.8, 4) is 0 Å². The molecule has 0 radical (unpaired) electrons. The van der Waals surface area contributed by atoms with E-state index in [-0.39, 0.29) is 31.6 Å². The molecule has 0 aromatic heterocycles. The first kappa shape index (κ1) is 44.2. The minimum Gasteiger partial charge on any atom is -0.368 e. The monoisotopic (exact) mass is 773 g/mol. The number of carbonyl (C=O) groups is 6. The van der Waals surface area contributed by atoms with Crippen LogP contribution in [0.15, 0.2) is 91.0 Å². The molecule has 0 bridgehead atoms. The van der Waals surface area contributed by atoms with E-state index < -0.39 is 72.2 Å². The summed E-state index contributed by atoms with van der Waals surface area (Å²) in [5.41, 5.74) is 14.2. The van der Waals surface area contributed by atoms with Crippen molar-refractivity contribution in [2.75, 3.05) is 25.6 Å². The average molecular weight is 774 g/mol. The average Bonchev–Trinajstić information content (AvgIpc) is 3.17. The van der Waals surface area contributed by atoms with Crippen molar-refractivity contribution in [2.24, 2.45) is 17.4 Å². The number of carbonyl (C=O) groups excluding carboxylic acids is 6. The molecule has 8 N–H and O–H groups in total. The van der Waals surface area contributed by atoms with Crippen LogP contribution in [0.3, 0.4) is 0 Å². The van der Waals surface area contributed by atoms with Crippen LogP contribution in [0, 0.1) is 5.92 Å². The number of nitrogens with one attached hydrogen (secondary N) is 4. The van der Waals surface area contributed by atoms with Crippen molar-refractivity contribution in [1.29, 1.82) is 0 Å². The number of hydrogen-bond donors (Lipinski definition) is 6. The summed E-state index contributed by atoms with van der Waals surface area (Å²) in [6.07, 6.45) is 3.00. The van der Waals surface area contributed by atoms with Crippen LogP contribution in [-0.2, 0) is 48.0 Å². The van der Waals surface area contributed by atoms with Crippen molar-refractivity contribution < 1.29 is 28.8 Å². The first-order chi connectivity index (χ1) is 26.3. The number of nitrogens with zero attached hydrogens (tertiary/aromatic N) is 1. The van der Waals surface area contributed by atoms with E-state index in [1.165, 1.54) is 23.7 Å². The van der Waals surface area contributed by atoms with Gasteiger partial charge in [-0.1, -0.05) is 105 Å². The molecule has 0 spiro atoms. The highest BCUT2D eigenvalue weighted by Crippen LogP contribution is 2.14. The second-order valence-corrected chi connectivity index (χ2v) is 14.9. The number of amides is 6. The Kier molecular flexibility index (Phi) is 18.4. The molecule has 13 nitrogen and oxygen atoms in total. The van der Waals surface area contributed by atoms with Crippen LogP contribution in [-0.4, -0.2) is 96.2 Å². The third-order valence-electron chi connectivity index (χ3n) is 8.97. The molecule has 0 aliphatic carbocycles. The van der Waals surface area contributed by atoms with Crippen LogP contribution in [0.25, 0.3) is 0 Å². The lowest BCUT2D eigenvalue weighted by atomic mass is 10.00. The topological polar surface area (TPSA) is 206 Å². The van der Waals surface area contributed by atoms with Gasteiger partial charge in [0.25, 0.3) is 0 Å². The number of thioether (sulfide) groups is 1. The molecule has 0 aliphatic rings. The molecule has 3 aromatic rings. The molecule has 296 valence electrons. The van der Waals surface area contributed by atoms with Crippen molar-refractivity contribution >= 4 is 47.2 Å². The van der Waals surface area contributed by atoms with E-state index in [9.17, 15) is 28.8 Å². The van der Waals surface area contributed by atoms with Crippen molar-refractivity contribution in [3.63, 3.8) is 0 Å². The van der Waals surface area contributed by atoms with Gasteiger partial charge in [0.1, 0.15) is 24.2 Å². The molecular weight excluding hydrogens is 719 g/mol. The number of likely N-dealkylation sites (N-methyl/N-ethyl adjacent to an activating group) is 1. The zero-order valence-corrected chi connectivity index (χ0v) is 32.9. The third-order valence-corrected chi connectivity index (χ3v) is 9.62. The lowest BCUT2D eigenvalue weighted by Crippen LogP contribution is -2.58. The Morgan fingerprint density at radius 1 is 0.673 bits per heavy atom. The van der Waals surface area contributed by atoms with Gasteiger partial charge in [0, 0.05) is 19.9 Å². The van der Waals surface area contributed by atoms with Gasteiger partial charge >= 0.3 is 0 Å². The van der Waals surface area contributed by atoms with Gasteiger partial charge in [0.15, 0.2) is 0 Å². The molecule has 0 fully saturated rings. The minimum atomic E-state index is -1.08. The first-order valence-electron chi connectivity index (χ1n) is 18.4. The van der Waals surface area contributed by atoms with Gasteiger partial charge in [0.2, 0.25) is 35.4 Å². The zero-order chi connectivity index (χ0) is 40.3. The van der Waals surface area contributed by atoms with E-state index in [0.717, 1.165) is 16.7 Å². The second kappa shape index (κ2) is 22.9. The SMILES string of the molecule is CSCC[C@H](NC(=O)[C@H](CC(C)C)NC(=O)CNC(=O)[C@H](Cc1ccccc1)N(C)C(=O)[C@H](Cc1ccccc1)NC(=O)[C@@H](N)Cc1ccccc1)C(N)=O. The molecule has 5 atom stereocenters. The fraction of sp³-hybridized carbons (Fsp3) is 0.415. The Labute approximate surface area is 328 Å². The summed E-state index contributed by atoms with van der Waals surface area (Å²) in [7, 11) is 1.48. The molecule has 14 heteroatoms.